The third-order valence-corrected chi connectivity index (χ3v) is 8.09. The van der Waals surface area contributed by atoms with E-state index >= 15 is 0 Å². The van der Waals surface area contributed by atoms with Crippen LogP contribution in [0.4, 0.5) is 35.5 Å². The molecule has 4 rings (SSSR count). The molecule has 3 amide bonds. The molecular formula is C33H41F7N4O4. The molecule has 0 aromatic heterocycles. The van der Waals surface area contributed by atoms with Crippen LogP contribution in [0.2, 0.25) is 0 Å². The first-order chi connectivity index (χ1) is 22.5. The van der Waals surface area contributed by atoms with Crippen LogP contribution in [0.1, 0.15) is 62.3 Å². The largest absolute Gasteiger partial charge is 0.444 e. The Morgan fingerprint density at radius 1 is 0.979 bits per heavy atom. The summed E-state index contributed by atoms with van der Waals surface area (Å²) >= 11 is 0. The Hall–Kier alpha value is -3.88. The molecule has 266 valence electrons. The molecule has 2 unspecified atom stereocenters. The van der Waals surface area contributed by atoms with E-state index in [1.165, 1.54) is 28.0 Å². The van der Waals surface area contributed by atoms with Gasteiger partial charge in [-0.05, 0) is 80.9 Å². The van der Waals surface area contributed by atoms with Crippen LogP contribution in [-0.4, -0.2) is 83.4 Å². The molecule has 48 heavy (non-hydrogen) atoms. The number of fused-ring (bicyclic) bond motifs is 1. The number of carbonyl (C=O) groups excluding carboxylic acids is 3. The van der Waals surface area contributed by atoms with Crippen molar-refractivity contribution in [3.8, 4) is 0 Å². The van der Waals surface area contributed by atoms with E-state index < -0.39 is 59.8 Å². The number of carbonyl (C=O) groups is 3. The number of ether oxygens (including phenoxy) is 1. The maximum Gasteiger partial charge on any atom is 0.416 e. The van der Waals surface area contributed by atoms with E-state index in [0.29, 0.717) is 30.5 Å². The van der Waals surface area contributed by atoms with Gasteiger partial charge in [0.05, 0.1) is 17.7 Å². The molecule has 0 N–H and O–H groups in total. The highest BCUT2D eigenvalue weighted by atomic mass is 19.4. The lowest BCUT2D eigenvalue weighted by atomic mass is 9.90. The van der Waals surface area contributed by atoms with Gasteiger partial charge in [0.2, 0.25) is 11.8 Å². The van der Waals surface area contributed by atoms with Crippen molar-refractivity contribution >= 4 is 17.9 Å². The number of rotatable bonds is 9. The fourth-order valence-electron chi connectivity index (χ4n) is 5.88. The van der Waals surface area contributed by atoms with Gasteiger partial charge >= 0.3 is 18.4 Å². The molecule has 0 saturated carbocycles. The number of halogens is 7. The second-order valence-electron chi connectivity index (χ2n) is 11.9. The van der Waals surface area contributed by atoms with Gasteiger partial charge in [-0.15, -0.1) is 0 Å². The van der Waals surface area contributed by atoms with Gasteiger partial charge in [0, 0.05) is 19.5 Å². The fraction of sp³-hybridized carbons (Fsp3) is 0.545. The van der Waals surface area contributed by atoms with Crippen LogP contribution in [0.25, 0.3) is 0 Å². The molecular weight excluding hydrogens is 649 g/mol. The summed E-state index contributed by atoms with van der Waals surface area (Å²) in [6.07, 6.45) is -11.2. The van der Waals surface area contributed by atoms with E-state index in [9.17, 15) is 45.1 Å². The summed E-state index contributed by atoms with van der Waals surface area (Å²) in [5.74, 6) is -1.63. The van der Waals surface area contributed by atoms with Gasteiger partial charge in [0.25, 0.3) is 0 Å². The number of hydrogen-bond donors (Lipinski definition) is 0. The molecule has 0 aliphatic carbocycles. The molecule has 15 heteroatoms. The van der Waals surface area contributed by atoms with Crippen LogP contribution < -0.4 is 0 Å². The van der Waals surface area contributed by atoms with E-state index in [2.05, 4.69) is 0 Å². The van der Waals surface area contributed by atoms with Crippen molar-refractivity contribution in [3.05, 3.63) is 70.5 Å². The quantitative estimate of drug-likeness (QED) is 0.272. The van der Waals surface area contributed by atoms with E-state index in [1.807, 2.05) is 39.8 Å². The minimum Gasteiger partial charge on any atom is -0.444 e. The lowest BCUT2D eigenvalue weighted by molar-refractivity contribution is -0.172. The summed E-state index contributed by atoms with van der Waals surface area (Å²) in [5.41, 5.74) is -3.15. The Balaban J connectivity index is 0.00000307. The summed E-state index contributed by atoms with van der Waals surface area (Å²) in [6, 6.07) is 5.57. The third-order valence-electron chi connectivity index (χ3n) is 8.09. The predicted molar refractivity (Wildman–Crippen MR) is 162 cm³/mol. The molecule has 0 bridgehead atoms. The van der Waals surface area contributed by atoms with E-state index in [1.54, 1.807) is 6.07 Å². The SMILES string of the molecule is CC.CC(CCCN(C)C)[C@H]1C(=O)N(Cc2cccc(F)c2)CC2N(C(=O)OCc3cc(C(F)(F)F)cc(C(F)(F)F)c3)CCC(=O)N21. The van der Waals surface area contributed by atoms with Crippen molar-refractivity contribution in [1.82, 2.24) is 19.6 Å². The summed E-state index contributed by atoms with van der Waals surface area (Å²) in [5, 5.41) is 0. The number of amides is 3. The van der Waals surface area contributed by atoms with Crippen LogP contribution >= 0.6 is 0 Å². The van der Waals surface area contributed by atoms with Gasteiger partial charge in [-0.3, -0.25) is 14.5 Å². The minimum absolute atomic E-state index is 0.0223. The van der Waals surface area contributed by atoms with Crippen molar-refractivity contribution in [2.24, 2.45) is 5.92 Å². The molecule has 0 radical (unpaired) electrons. The fourth-order valence-corrected chi connectivity index (χ4v) is 5.88. The topological polar surface area (TPSA) is 73.4 Å². The predicted octanol–water partition coefficient (Wildman–Crippen LogP) is 6.78. The summed E-state index contributed by atoms with van der Waals surface area (Å²) < 4.78 is 99.2. The molecule has 8 nitrogen and oxygen atoms in total. The van der Waals surface area contributed by atoms with Gasteiger partial charge in [-0.1, -0.05) is 32.9 Å². The lowest BCUT2D eigenvalue weighted by Crippen LogP contribution is -2.72. The van der Waals surface area contributed by atoms with Crippen LogP contribution in [-0.2, 0) is 39.8 Å². The Kier molecular flexibility index (Phi) is 12.9. The maximum absolute atomic E-state index is 14.0. The lowest BCUT2D eigenvalue weighted by Gasteiger charge is -2.53. The molecule has 2 saturated heterocycles. The maximum atomic E-state index is 14.0. The standard InChI is InChI=1S/C31H35F7N4O4.C2H6/c1-19(6-5-10-39(2)3)27-28(44)40(16-20-7-4-8-24(32)14-20)17-25-41(11-9-26(43)42(25)27)29(45)46-18-21-12-22(30(33,34)35)15-23(13-21)31(36,37)38;1-2/h4,7-8,12-15,19,25,27H,5-6,9-11,16-18H2,1-3H3;1-2H3/t19?,25?,27-;/m0./s1. The Morgan fingerprint density at radius 2 is 1.60 bits per heavy atom. The van der Waals surface area contributed by atoms with E-state index in [4.69, 9.17) is 4.74 Å². The Labute approximate surface area is 275 Å². The monoisotopic (exact) mass is 690 g/mol. The van der Waals surface area contributed by atoms with Crippen molar-refractivity contribution in [2.75, 3.05) is 33.7 Å². The number of piperazine rings is 1. The molecule has 0 spiro atoms. The van der Waals surface area contributed by atoms with Gasteiger partial charge in [0.1, 0.15) is 24.6 Å². The molecule has 2 fully saturated rings. The highest BCUT2D eigenvalue weighted by Gasteiger charge is 2.50. The second-order valence-corrected chi connectivity index (χ2v) is 11.9. The molecule has 2 heterocycles. The number of benzene rings is 2. The van der Waals surface area contributed by atoms with E-state index in [-0.39, 0.29) is 49.9 Å². The third kappa shape index (κ3) is 9.60. The Morgan fingerprint density at radius 3 is 2.17 bits per heavy atom. The average molecular weight is 691 g/mol. The van der Waals surface area contributed by atoms with Crippen LogP contribution in [0.3, 0.4) is 0 Å². The zero-order valence-electron chi connectivity index (χ0n) is 27.5. The smallest absolute Gasteiger partial charge is 0.416 e. The first-order valence-corrected chi connectivity index (χ1v) is 15.7. The first kappa shape index (κ1) is 38.6. The average Bonchev–Trinajstić information content (AvgIpc) is 3.00. The van der Waals surface area contributed by atoms with Gasteiger partial charge in [0.15, 0.2) is 0 Å². The number of alkyl halides is 6. The number of nitrogens with zero attached hydrogens (tertiary/aromatic N) is 4. The van der Waals surface area contributed by atoms with Crippen molar-refractivity contribution in [2.45, 2.75) is 77.7 Å². The van der Waals surface area contributed by atoms with Gasteiger partial charge in [-0.2, -0.15) is 26.3 Å². The van der Waals surface area contributed by atoms with Crippen molar-refractivity contribution in [1.29, 1.82) is 0 Å². The van der Waals surface area contributed by atoms with Gasteiger partial charge < -0.3 is 19.4 Å². The number of hydrogen-bond acceptors (Lipinski definition) is 5. The molecule has 3 atom stereocenters. The van der Waals surface area contributed by atoms with E-state index in [0.717, 1.165) is 11.4 Å². The molecule has 2 aliphatic heterocycles. The molecule has 2 aromatic carbocycles. The highest BCUT2D eigenvalue weighted by molar-refractivity contribution is 5.91. The minimum atomic E-state index is -5.08. The highest BCUT2D eigenvalue weighted by Crippen LogP contribution is 2.37. The first-order valence-electron chi connectivity index (χ1n) is 15.7. The van der Waals surface area contributed by atoms with Crippen LogP contribution in [0, 0.1) is 11.7 Å². The van der Waals surface area contributed by atoms with Gasteiger partial charge in [-0.25, -0.2) is 9.18 Å². The Bertz CT molecular complexity index is 1400. The zero-order valence-corrected chi connectivity index (χ0v) is 27.5. The molecule has 2 aliphatic rings. The second kappa shape index (κ2) is 16.0. The normalized spacial score (nSPS) is 19.1. The summed E-state index contributed by atoms with van der Waals surface area (Å²) in [6.45, 7) is 5.29. The van der Waals surface area contributed by atoms with Crippen LogP contribution in [0.5, 0.6) is 0 Å². The van der Waals surface area contributed by atoms with Crippen LogP contribution in [0.15, 0.2) is 42.5 Å². The van der Waals surface area contributed by atoms with Crippen molar-refractivity contribution in [3.63, 3.8) is 0 Å². The summed E-state index contributed by atoms with van der Waals surface area (Å²) in [4.78, 5) is 46.4. The molecule has 2 aromatic rings. The summed E-state index contributed by atoms with van der Waals surface area (Å²) in [7, 11) is 3.79. The van der Waals surface area contributed by atoms with Crippen molar-refractivity contribution < 1.29 is 49.9 Å². The zero-order chi connectivity index (χ0) is 36.0.